The maximum absolute atomic E-state index is 9.40. The van der Waals surface area contributed by atoms with Crippen molar-refractivity contribution >= 4 is 17.4 Å². The number of aromatic amines is 1. The molecule has 6 heteroatoms. The molecule has 3 rings (SSSR count). The van der Waals surface area contributed by atoms with Crippen LogP contribution in [0.4, 0.5) is 5.82 Å². The lowest BCUT2D eigenvalue weighted by Gasteiger charge is -2.29. The molecule has 3 heterocycles. The zero-order valence-electron chi connectivity index (χ0n) is 12.3. The van der Waals surface area contributed by atoms with Gasteiger partial charge in [0, 0.05) is 6.42 Å². The number of aromatic nitrogens is 1. The van der Waals surface area contributed by atoms with Crippen molar-refractivity contribution in [3.8, 4) is 6.07 Å². The molecule has 0 bridgehead atoms. The zero-order chi connectivity index (χ0) is 14.8. The molecular formula is C15H21ClN4O+2. The van der Waals surface area contributed by atoms with E-state index in [9.17, 15) is 5.26 Å². The first kappa shape index (κ1) is 14.6. The lowest BCUT2D eigenvalue weighted by Crippen LogP contribution is -3.11. The predicted octanol–water partition coefficient (Wildman–Crippen LogP) is -0.177. The molecule has 0 saturated carbocycles. The first-order valence-electron chi connectivity index (χ1n) is 7.57. The lowest BCUT2D eigenvalue weighted by atomic mass is 9.96. The zero-order valence-corrected chi connectivity index (χ0v) is 13.1. The number of rotatable bonds is 2. The second-order valence-corrected chi connectivity index (χ2v) is 5.99. The number of nitrogens with one attached hydrogen (secondary N) is 2. The van der Waals surface area contributed by atoms with Crippen LogP contribution in [0.5, 0.6) is 0 Å². The number of H-pyrrole nitrogens is 1. The van der Waals surface area contributed by atoms with Crippen LogP contribution in [0.1, 0.15) is 23.6 Å². The summed E-state index contributed by atoms with van der Waals surface area (Å²) in [6.45, 7) is 8.56. The van der Waals surface area contributed by atoms with Gasteiger partial charge in [-0.25, -0.2) is 4.98 Å². The monoisotopic (exact) mass is 308 g/mol. The highest BCUT2D eigenvalue weighted by Crippen LogP contribution is 2.27. The average Bonchev–Trinajstić information content (AvgIpc) is 2.54. The largest absolute Gasteiger partial charge is 0.373 e. The number of quaternary nitrogens is 1. The van der Waals surface area contributed by atoms with Gasteiger partial charge in [-0.2, -0.15) is 5.26 Å². The minimum absolute atomic E-state index is 0.470. The van der Waals surface area contributed by atoms with Gasteiger partial charge >= 0.3 is 0 Å². The molecule has 1 aromatic heterocycles. The topological polar surface area (TPSA) is 54.8 Å². The Kier molecular flexibility index (Phi) is 4.29. The Balaban J connectivity index is 2.07. The maximum atomic E-state index is 9.40. The number of anilines is 1. The van der Waals surface area contributed by atoms with Gasteiger partial charge in [-0.1, -0.05) is 0 Å². The van der Waals surface area contributed by atoms with Gasteiger partial charge in [0.2, 0.25) is 5.15 Å². The Morgan fingerprint density at radius 2 is 2.14 bits per heavy atom. The van der Waals surface area contributed by atoms with Crippen LogP contribution in [0.2, 0.25) is 5.15 Å². The Morgan fingerprint density at radius 1 is 1.38 bits per heavy atom. The van der Waals surface area contributed by atoms with Crippen molar-refractivity contribution in [2.24, 2.45) is 0 Å². The van der Waals surface area contributed by atoms with Gasteiger partial charge in [0.1, 0.15) is 36.8 Å². The fourth-order valence-electron chi connectivity index (χ4n) is 3.25. The van der Waals surface area contributed by atoms with E-state index < -0.39 is 0 Å². The summed E-state index contributed by atoms with van der Waals surface area (Å²) in [7, 11) is 0. The van der Waals surface area contributed by atoms with E-state index in [4.69, 9.17) is 16.3 Å². The Hall–Kier alpha value is -1.35. The van der Waals surface area contributed by atoms with Gasteiger partial charge < -0.3 is 9.64 Å². The maximum Gasteiger partial charge on any atom is 0.285 e. The molecule has 0 aliphatic carbocycles. The Bertz CT molecular complexity index is 578. The summed E-state index contributed by atoms with van der Waals surface area (Å²) >= 11 is 6.31. The van der Waals surface area contributed by atoms with E-state index in [1.807, 2.05) is 0 Å². The van der Waals surface area contributed by atoms with Crippen molar-refractivity contribution in [1.82, 2.24) is 0 Å². The SMILES string of the molecule is CC[NH+]1CCc2c(C#N)c(Cl)[nH+]c(N3CCOCC3)c2C1. The van der Waals surface area contributed by atoms with Crippen molar-refractivity contribution in [3.05, 3.63) is 21.8 Å². The molecule has 1 unspecified atom stereocenters. The van der Waals surface area contributed by atoms with Crippen molar-refractivity contribution in [1.29, 1.82) is 5.26 Å². The van der Waals surface area contributed by atoms with Crippen LogP contribution in [-0.2, 0) is 17.7 Å². The normalized spacial score (nSPS) is 21.8. The second kappa shape index (κ2) is 6.18. The lowest BCUT2D eigenvalue weighted by molar-refractivity contribution is -0.914. The quantitative estimate of drug-likeness (QED) is 0.772. The van der Waals surface area contributed by atoms with E-state index in [2.05, 4.69) is 22.9 Å². The minimum atomic E-state index is 0.470. The predicted molar refractivity (Wildman–Crippen MR) is 79.5 cm³/mol. The second-order valence-electron chi connectivity index (χ2n) is 5.61. The summed E-state index contributed by atoms with van der Waals surface area (Å²) in [6, 6.07) is 2.27. The van der Waals surface area contributed by atoms with E-state index in [0.29, 0.717) is 10.7 Å². The van der Waals surface area contributed by atoms with Crippen LogP contribution >= 0.6 is 11.6 Å². The first-order chi connectivity index (χ1) is 10.2. The van der Waals surface area contributed by atoms with Gasteiger partial charge in [0.15, 0.2) is 0 Å². The number of ether oxygens (including phenoxy) is 1. The molecule has 0 spiro atoms. The number of morpholine rings is 1. The first-order valence-corrected chi connectivity index (χ1v) is 7.95. The number of halogens is 1. The highest BCUT2D eigenvalue weighted by Gasteiger charge is 2.33. The molecule has 112 valence electrons. The molecule has 1 aromatic rings. The summed E-state index contributed by atoms with van der Waals surface area (Å²) in [6.07, 6.45) is 0.924. The van der Waals surface area contributed by atoms with E-state index >= 15 is 0 Å². The molecule has 0 radical (unpaired) electrons. The molecule has 0 amide bonds. The summed E-state index contributed by atoms with van der Waals surface area (Å²) in [5, 5.41) is 9.87. The van der Waals surface area contributed by atoms with Gasteiger partial charge in [0.05, 0.1) is 26.3 Å². The van der Waals surface area contributed by atoms with Gasteiger partial charge in [-0.3, -0.25) is 4.90 Å². The number of pyridine rings is 1. The fourth-order valence-corrected chi connectivity index (χ4v) is 3.50. The van der Waals surface area contributed by atoms with Gasteiger partial charge in [-0.15, -0.1) is 0 Å². The summed E-state index contributed by atoms with van der Waals surface area (Å²) in [5.41, 5.74) is 3.03. The third-order valence-electron chi connectivity index (χ3n) is 4.49. The van der Waals surface area contributed by atoms with Crippen molar-refractivity contribution in [2.75, 3.05) is 44.3 Å². The van der Waals surface area contributed by atoms with Crippen LogP contribution in [0, 0.1) is 11.3 Å². The molecule has 2 aliphatic rings. The third kappa shape index (κ3) is 2.71. The molecule has 2 N–H and O–H groups in total. The summed E-state index contributed by atoms with van der Waals surface area (Å²) < 4.78 is 5.44. The molecule has 1 saturated heterocycles. The standard InChI is InChI=1S/C15H19ClN4O/c1-2-19-4-3-11-12(9-17)14(16)18-15(13(11)10-19)20-5-7-21-8-6-20/h2-8,10H2,1H3/p+2. The number of nitriles is 1. The van der Waals surface area contributed by atoms with Crippen LogP contribution in [-0.4, -0.2) is 39.4 Å². The molecule has 2 aliphatic heterocycles. The Morgan fingerprint density at radius 3 is 2.81 bits per heavy atom. The smallest absolute Gasteiger partial charge is 0.285 e. The molecule has 1 atom stereocenters. The molecule has 1 fully saturated rings. The highest BCUT2D eigenvalue weighted by atomic mass is 35.5. The highest BCUT2D eigenvalue weighted by molar-refractivity contribution is 6.29. The van der Waals surface area contributed by atoms with Crippen molar-refractivity contribution in [3.63, 3.8) is 0 Å². The molecular weight excluding hydrogens is 288 g/mol. The Labute approximate surface area is 130 Å². The van der Waals surface area contributed by atoms with Gasteiger partial charge in [0.25, 0.3) is 5.82 Å². The fraction of sp³-hybridized carbons (Fsp3) is 0.600. The van der Waals surface area contributed by atoms with Gasteiger partial charge in [-0.05, 0) is 24.1 Å². The van der Waals surface area contributed by atoms with Crippen LogP contribution in [0.15, 0.2) is 0 Å². The number of nitrogens with zero attached hydrogens (tertiary/aromatic N) is 2. The van der Waals surface area contributed by atoms with Crippen molar-refractivity contribution < 1.29 is 14.6 Å². The number of hydrogen-bond donors (Lipinski definition) is 1. The van der Waals surface area contributed by atoms with Crippen LogP contribution in [0.25, 0.3) is 0 Å². The van der Waals surface area contributed by atoms with E-state index in [1.165, 1.54) is 5.56 Å². The van der Waals surface area contributed by atoms with Crippen molar-refractivity contribution in [2.45, 2.75) is 19.9 Å². The summed E-state index contributed by atoms with van der Waals surface area (Å²) in [4.78, 5) is 7.12. The van der Waals surface area contributed by atoms with Crippen LogP contribution in [0.3, 0.4) is 0 Å². The number of likely N-dealkylation sites (N-methyl/N-ethyl adjacent to an activating group) is 1. The minimum Gasteiger partial charge on any atom is -0.373 e. The molecule has 0 aromatic carbocycles. The van der Waals surface area contributed by atoms with Crippen LogP contribution < -0.4 is 14.8 Å². The summed E-state index contributed by atoms with van der Waals surface area (Å²) in [5.74, 6) is 1.09. The number of hydrogen-bond acceptors (Lipinski definition) is 3. The van der Waals surface area contributed by atoms with E-state index in [-0.39, 0.29) is 0 Å². The molecule has 5 nitrogen and oxygen atoms in total. The number of fused-ring (bicyclic) bond motifs is 1. The third-order valence-corrected chi connectivity index (χ3v) is 4.78. The van der Waals surface area contributed by atoms with E-state index in [0.717, 1.165) is 63.7 Å². The van der Waals surface area contributed by atoms with E-state index in [1.54, 1.807) is 4.90 Å². The molecule has 21 heavy (non-hydrogen) atoms. The average molecular weight is 309 g/mol.